The molecule has 0 spiro atoms. The molecule has 1 aliphatic rings. The minimum atomic E-state index is -1.04. The SMILES string of the molecule is CC(C)CC1OC(=O)C(C)CNC(=O)CNC(=O)/C=C/CC(C(C)CCc2ccccc2)OC1=O. The number of carbonyl (C=O) groups is 4. The number of nitrogens with one attached hydrogen (secondary N) is 2. The molecule has 2 amide bonds. The topological polar surface area (TPSA) is 111 Å². The lowest BCUT2D eigenvalue weighted by Gasteiger charge is -2.27. The van der Waals surface area contributed by atoms with Gasteiger partial charge in [0.1, 0.15) is 6.10 Å². The molecule has 192 valence electrons. The molecule has 0 saturated carbocycles. The van der Waals surface area contributed by atoms with E-state index in [1.807, 2.05) is 39.0 Å². The van der Waals surface area contributed by atoms with E-state index in [2.05, 4.69) is 22.8 Å². The highest BCUT2D eigenvalue weighted by Crippen LogP contribution is 2.22. The third kappa shape index (κ3) is 10.3. The third-order valence-electron chi connectivity index (χ3n) is 5.91. The van der Waals surface area contributed by atoms with Gasteiger partial charge in [-0.05, 0) is 42.7 Å². The molecule has 0 aromatic heterocycles. The molecule has 0 bridgehead atoms. The number of cyclic esters (lactones) is 2. The minimum Gasteiger partial charge on any atom is -0.459 e. The standard InChI is InChI=1S/C27H38N2O6/c1-18(2)15-23-27(33)34-22(19(3)13-14-21-9-6-5-7-10-21)11-8-12-24(30)29-17-25(31)28-16-20(4)26(32)35-23/h5-10,12,18-20,22-23H,11,13-17H2,1-4H3,(H,28,31)(H,29,30)/b12-8+. The van der Waals surface area contributed by atoms with Crippen LogP contribution < -0.4 is 10.6 Å². The van der Waals surface area contributed by atoms with Gasteiger partial charge in [0.05, 0.1) is 12.5 Å². The van der Waals surface area contributed by atoms with Crippen molar-refractivity contribution < 1.29 is 28.7 Å². The van der Waals surface area contributed by atoms with Gasteiger partial charge in [-0.25, -0.2) is 4.79 Å². The Morgan fingerprint density at radius 3 is 2.37 bits per heavy atom. The fourth-order valence-electron chi connectivity index (χ4n) is 3.67. The van der Waals surface area contributed by atoms with Crippen molar-refractivity contribution >= 4 is 23.8 Å². The number of rotatable bonds is 6. The van der Waals surface area contributed by atoms with Crippen molar-refractivity contribution in [1.82, 2.24) is 10.6 Å². The number of carbonyl (C=O) groups excluding carboxylic acids is 4. The highest BCUT2D eigenvalue weighted by atomic mass is 16.6. The van der Waals surface area contributed by atoms with Gasteiger partial charge in [0.2, 0.25) is 11.8 Å². The summed E-state index contributed by atoms with van der Waals surface area (Å²) in [5.41, 5.74) is 1.19. The molecule has 4 atom stereocenters. The number of benzene rings is 1. The van der Waals surface area contributed by atoms with Crippen molar-refractivity contribution in [3.05, 3.63) is 48.0 Å². The lowest BCUT2D eigenvalue weighted by atomic mass is 9.94. The Bertz CT molecular complexity index is 883. The van der Waals surface area contributed by atoms with Gasteiger partial charge in [-0.2, -0.15) is 0 Å². The van der Waals surface area contributed by atoms with Crippen LogP contribution in [0.1, 0.15) is 52.5 Å². The van der Waals surface area contributed by atoms with Crippen molar-refractivity contribution in [3.8, 4) is 0 Å². The molecule has 1 heterocycles. The molecule has 0 saturated heterocycles. The Morgan fingerprint density at radius 2 is 1.69 bits per heavy atom. The number of ether oxygens (including phenoxy) is 2. The summed E-state index contributed by atoms with van der Waals surface area (Å²) in [6.45, 7) is 7.32. The van der Waals surface area contributed by atoms with Crippen LogP contribution in [0.25, 0.3) is 0 Å². The highest BCUT2D eigenvalue weighted by Gasteiger charge is 2.31. The van der Waals surface area contributed by atoms with E-state index >= 15 is 0 Å². The van der Waals surface area contributed by atoms with Crippen LogP contribution in [0.4, 0.5) is 0 Å². The molecule has 2 N–H and O–H groups in total. The minimum absolute atomic E-state index is 0.00847. The molecule has 1 aromatic carbocycles. The number of esters is 2. The lowest BCUT2D eigenvalue weighted by molar-refractivity contribution is -0.176. The van der Waals surface area contributed by atoms with Gasteiger partial charge >= 0.3 is 11.9 Å². The molecule has 8 nitrogen and oxygen atoms in total. The number of hydrogen-bond acceptors (Lipinski definition) is 6. The van der Waals surface area contributed by atoms with Gasteiger partial charge in [-0.15, -0.1) is 0 Å². The average Bonchev–Trinajstić information content (AvgIpc) is 2.83. The molecule has 1 aliphatic heterocycles. The first-order valence-electron chi connectivity index (χ1n) is 12.3. The first-order chi connectivity index (χ1) is 16.7. The molecule has 2 rings (SSSR count). The Morgan fingerprint density at radius 1 is 0.971 bits per heavy atom. The highest BCUT2D eigenvalue weighted by molar-refractivity contribution is 5.91. The average molecular weight is 487 g/mol. The Labute approximate surface area is 207 Å². The summed E-state index contributed by atoms with van der Waals surface area (Å²) in [7, 11) is 0. The number of aryl methyl sites for hydroxylation is 1. The second-order valence-electron chi connectivity index (χ2n) is 9.59. The van der Waals surface area contributed by atoms with Crippen molar-refractivity contribution in [2.45, 2.75) is 65.6 Å². The molecule has 4 unspecified atom stereocenters. The molecule has 0 fully saturated rings. The zero-order valence-electron chi connectivity index (χ0n) is 21.1. The summed E-state index contributed by atoms with van der Waals surface area (Å²) >= 11 is 0. The molecule has 0 aliphatic carbocycles. The van der Waals surface area contributed by atoms with Crippen LogP contribution in [-0.2, 0) is 35.1 Å². The maximum absolute atomic E-state index is 13.1. The van der Waals surface area contributed by atoms with E-state index in [-0.39, 0.29) is 24.9 Å². The number of hydrogen-bond donors (Lipinski definition) is 2. The Kier molecular flexibility index (Phi) is 11.5. The smallest absolute Gasteiger partial charge is 0.347 e. The summed E-state index contributed by atoms with van der Waals surface area (Å²) in [6, 6.07) is 10.0. The summed E-state index contributed by atoms with van der Waals surface area (Å²) in [6.07, 6.45) is 3.68. The van der Waals surface area contributed by atoms with E-state index in [1.54, 1.807) is 13.0 Å². The summed E-state index contributed by atoms with van der Waals surface area (Å²) in [5.74, 6) is -2.58. The van der Waals surface area contributed by atoms with Crippen LogP contribution in [0.3, 0.4) is 0 Å². The van der Waals surface area contributed by atoms with Crippen molar-refractivity contribution in [2.24, 2.45) is 17.8 Å². The summed E-state index contributed by atoms with van der Waals surface area (Å²) in [4.78, 5) is 49.8. The summed E-state index contributed by atoms with van der Waals surface area (Å²) < 4.78 is 11.4. The van der Waals surface area contributed by atoms with Crippen molar-refractivity contribution in [2.75, 3.05) is 13.1 Å². The first-order valence-corrected chi connectivity index (χ1v) is 12.3. The van der Waals surface area contributed by atoms with Gasteiger partial charge in [-0.3, -0.25) is 14.4 Å². The van der Waals surface area contributed by atoms with Gasteiger partial charge in [-0.1, -0.05) is 64.1 Å². The fraction of sp³-hybridized carbons (Fsp3) is 0.556. The van der Waals surface area contributed by atoms with Crippen LogP contribution in [0, 0.1) is 17.8 Å². The maximum Gasteiger partial charge on any atom is 0.347 e. The maximum atomic E-state index is 13.1. The largest absolute Gasteiger partial charge is 0.459 e. The summed E-state index contributed by atoms with van der Waals surface area (Å²) in [5, 5.41) is 5.09. The monoisotopic (exact) mass is 486 g/mol. The molecule has 35 heavy (non-hydrogen) atoms. The zero-order chi connectivity index (χ0) is 25.8. The second kappa shape index (κ2) is 14.3. The van der Waals surface area contributed by atoms with Crippen LogP contribution in [-0.4, -0.2) is 49.1 Å². The van der Waals surface area contributed by atoms with Gasteiger partial charge in [0, 0.05) is 13.0 Å². The van der Waals surface area contributed by atoms with E-state index in [4.69, 9.17) is 9.47 Å². The first kappa shape index (κ1) is 28.1. The van der Waals surface area contributed by atoms with Gasteiger partial charge in [0.15, 0.2) is 6.10 Å². The van der Waals surface area contributed by atoms with Gasteiger partial charge < -0.3 is 20.1 Å². The van der Waals surface area contributed by atoms with E-state index in [0.717, 1.165) is 12.8 Å². The van der Waals surface area contributed by atoms with E-state index < -0.39 is 41.9 Å². The molecule has 8 heteroatoms. The van der Waals surface area contributed by atoms with Crippen molar-refractivity contribution in [3.63, 3.8) is 0 Å². The van der Waals surface area contributed by atoms with Crippen molar-refractivity contribution in [1.29, 1.82) is 0 Å². The molecule has 0 radical (unpaired) electrons. The van der Waals surface area contributed by atoms with E-state index in [9.17, 15) is 19.2 Å². The van der Waals surface area contributed by atoms with Crippen LogP contribution >= 0.6 is 0 Å². The van der Waals surface area contributed by atoms with Crippen LogP contribution in [0.2, 0.25) is 0 Å². The fourth-order valence-corrected chi connectivity index (χ4v) is 3.67. The predicted octanol–water partition coefficient (Wildman–Crippen LogP) is 2.95. The molecular formula is C27H38N2O6. The Hall–Kier alpha value is -3.16. The van der Waals surface area contributed by atoms with Crippen LogP contribution in [0.5, 0.6) is 0 Å². The van der Waals surface area contributed by atoms with Crippen LogP contribution in [0.15, 0.2) is 42.5 Å². The zero-order valence-corrected chi connectivity index (χ0v) is 21.1. The quantitative estimate of drug-likeness (QED) is 0.598. The number of amides is 2. The predicted molar refractivity (Wildman–Crippen MR) is 132 cm³/mol. The lowest BCUT2D eigenvalue weighted by Crippen LogP contribution is -2.41. The molecule has 1 aromatic rings. The third-order valence-corrected chi connectivity index (χ3v) is 5.91. The van der Waals surface area contributed by atoms with Gasteiger partial charge in [0.25, 0.3) is 0 Å². The second-order valence-corrected chi connectivity index (χ2v) is 9.59. The normalized spacial score (nSPS) is 24.7. The Balaban J connectivity index is 2.21. The van der Waals surface area contributed by atoms with E-state index in [1.165, 1.54) is 11.6 Å². The van der Waals surface area contributed by atoms with E-state index in [0.29, 0.717) is 12.8 Å². The molecular weight excluding hydrogens is 448 g/mol.